The van der Waals surface area contributed by atoms with Crippen molar-refractivity contribution in [3.63, 3.8) is 0 Å². The first-order valence-corrected chi connectivity index (χ1v) is 12.4. The molecule has 3 rings (SSSR count). The van der Waals surface area contributed by atoms with Gasteiger partial charge >= 0.3 is 0 Å². The second-order valence-corrected chi connectivity index (χ2v) is 10.3. The van der Waals surface area contributed by atoms with E-state index in [2.05, 4.69) is 20.4 Å². The van der Waals surface area contributed by atoms with Gasteiger partial charge in [0.2, 0.25) is 5.13 Å². The van der Waals surface area contributed by atoms with Gasteiger partial charge in [0.05, 0.1) is 22.7 Å². The van der Waals surface area contributed by atoms with E-state index in [9.17, 15) is 17.9 Å². The van der Waals surface area contributed by atoms with Crippen LogP contribution in [0.1, 0.15) is 19.3 Å². The maximum atomic E-state index is 15.1. The monoisotopic (exact) mass is 495 g/mol. The zero-order valence-corrected chi connectivity index (χ0v) is 18.8. The van der Waals surface area contributed by atoms with Gasteiger partial charge in [-0.2, -0.15) is 4.39 Å². The van der Waals surface area contributed by atoms with Crippen LogP contribution in [0.25, 0.3) is 0 Å². The van der Waals surface area contributed by atoms with E-state index in [4.69, 9.17) is 11.6 Å². The van der Waals surface area contributed by atoms with E-state index in [0.717, 1.165) is 6.20 Å². The summed E-state index contributed by atoms with van der Waals surface area (Å²) in [7, 11) is -4.11. The van der Waals surface area contributed by atoms with E-state index in [0.29, 0.717) is 35.9 Å². The molecule has 13 heteroatoms. The van der Waals surface area contributed by atoms with Crippen molar-refractivity contribution in [2.24, 2.45) is 0 Å². The van der Waals surface area contributed by atoms with Gasteiger partial charge in [0.15, 0.2) is 11.4 Å². The standard InChI is InChI=1S/C18H24ClF2N5O3S2/c19-15(23-9-12-8-13(27)10-22-12)6-7-16(20)26(18-24-11-17(21)30-18)25-31(28,29)14-4-2-1-3-5-14/h1-5,11-13,15-16,22-23,25,27H,6-10H2/t12-,13-,15?,16?/m0/s1. The molecule has 4 atom stereocenters. The van der Waals surface area contributed by atoms with Crippen LogP contribution in [-0.4, -0.2) is 55.5 Å². The Kier molecular flexibility index (Phi) is 8.56. The summed E-state index contributed by atoms with van der Waals surface area (Å²) in [5, 5.41) is 15.6. The van der Waals surface area contributed by atoms with Crippen LogP contribution in [0.2, 0.25) is 0 Å². The maximum absolute atomic E-state index is 15.1. The minimum atomic E-state index is -4.11. The first-order valence-electron chi connectivity index (χ1n) is 9.65. The molecule has 1 fully saturated rings. The molecule has 2 heterocycles. The van der Waals surface area contributed by atoms with E-state index in [1.54, 1.807) is 6.07 Å². The van der Waals surface area contributed by atoms with Crippen molar-refractivity contribution < 1.29 is 22.3 Å². The van der Waals surface area contributed by atoms with Gasteiger partial charge in [0.25, 0.3) is 10.0 Å². The lowest BCUT2D eigenvalue weighted by Gasteiger charge is -2.26. The molecule has 0 bridgehead atoms. The van der Waals surface area contributed by atoms with Gasteiger partial charge in [-0.3, -0.25) is 5.32 Å². The van der Waals surface area contributed by atoms with Crippen LogP contribution in [0.4, 0.5) is 13.9 Å². The van der Waals surface area contributed by atoms with Gasteiger partial charge < -0.3 is 10.4 Å². The number of hydrogen-bond donors (Lipinski definition) is 4. The number of benzene rings is 1. The minimum absolute atomic E-state index is 0.0626. The number of anilines is 1. The summed E-state index contributed by atoms with van der Waals surface area (Å²) in [6.45, 7) is 1.02. The third-order valence-corrected chi connectivity index (χ3v) is 7.15. The molecule has 0 radical (unpaired) electrons. The second-order valence-electron chi connectivity index (χ2n) is 7.11. The molecule has 31 heavy (non-hydrogen) atoms. The molecule has 0 spiro atoms. The number of hydrogen-bond acceptors (Lipinski definition) is 8. The lowest BCUT2D eigenvalue weighted by Crippen LogP contribution is -2.47. The fourth-order valence-electron chi connectivity index (χ4n) is 3.09. The molecule has 2 aromatic rings. The molecule has 0 saturated carbocycles. The van der Waals surface area contributed by atoms with Crippen LogP contribution in [0.15, 0.2) is 41.4 Å². The van der Waals surface area contributed by atoms with Crippen LogP contribution >= 0.6 is 22.9 Å². The summed E-state index contributed by atoms with van der Waals surface area (Å²) in [5.41, 5.74) is -0.571. The Balaban J connectivity index is 1.61. The molecule has 1 aliphatic heterocycles. The zero-order chi connectivity index (χ0) is 22.4. The van der Waals surface area contributed by atoms with Crippen molar-refractivity contribution in [3.8, 4) is 0 Å². The predicted octanol–water partition coefficient (Wildman–Crippen LogP) is 1.94. The van der Waals surface area contributed by atoms with Crippen molar-refractivity contribution in [2.75, 3.05) is 18.1 Å². The SMILES string of the molecule is O=S(=O)(NN(c1ncc(F)s1)C(F)CCC(Cl)NC[C@@H]1C[C@H](O)CN1)c1ccccc1. The van der Waals surface area contributed by atoms with Gasteiger partial charge in [0.1, 0.15) is 0 Å². The number of nitrogens with zero attached hydrogens (tertiary/aromatic N) is 2. The van der Waals surface area contributed by atoms with Crippen molar-refractivity contribution in [1.82, 2.24) is 20.4 Å². The van der Waals surface area contributed by atoms with Gasteiger partial charge in [-0.05, 0) is 25.0 Å². The lowest BCUT2D eigenvalue weighted by molar-refractivity contribution is 0.193. The zero-order valence-electron chi connectivity index (χ0n) is 16.4. The fourth-order valence-corrected chi connectivity index (χ4v) is 5.09. The number of alkyl halides is 2. The Bertz CT molecular complexity index is 937. The number of nitrogens with one attached hydrogen (secondary N) is 3. The molecular weight excluding hydrogens is 472 g/mol. The molecule has 4 N–H and O–H groups in total. The van der Waals surface area contributed by atoms with E-state index in [1.165, 1.54) is 24.3 Å². The molecule has 8 nitrogen and oxygen atoms in total. The summed E-state index contributed by atoms with van der Waals surface area (Å²) >= 11 is 6.75. The largest absolute Gasteiger partial charge is 0.392 e. The molecule has 0 amide bonds. The average Bonchev–Trinajstić information content (AvgIpc) is 3.37. The first-order chi connectivity index (χ1) is 14.7. The Morgan fingerprint density at radius 1 is 1.35 bits per heavy atom. The Hall–Kier alpha value is -1.41. The third kappa shape index (κ3) is 7.04. The number of sulfonamides is 1. The highest BCUT2D eigenvalue weighted by atomic mass is 35.5. The van der Waals surface area contributed by atoms with E-state index in [-0.39, 0.29) is 35.0 Å². The van der Waals surface area contributed by atoms with Crippen LogP contribution in [0.3, 0.4) is 0 Å². The minimum Gasteiger partial charge on any atom is -0.392 e. The predicted molar refractivity (Wildman–Crippen MR) is 116 cm³/mol. The van der Waals surface area contributed by atoms with Gasteiger partial charge in [-0.25, -0.2) is 22.8 Å². The number of aliphatic hydroxyl groups is 1. The average molecular weight is 496 g/mol. The Labute approximate surface area is 188 Å². The van der Waals surface area contributed by atoms with Crippen molar-refractivity contribution in [3.05, 3.63) is 41.7 Å². The highest BCUT2D eigenvalue weighted by Gasteiger charge is 2.28. The smallest absolute Gasteiger partial charge is 0.257 e. The van der Waals surface area contributed by atoms with E-state index in [1.807, 2.05) is 0 Å². The second kappa shape index (κ2) is 10.9. The van der Waals surface area contributed by atoms with Crippen molar-refractivity contribution in [1.29, 1.82) is 0 Å². The van der Waals surface area contributed by atoms with Crippen LogP contribution in [0.5, 0.6) is 0 Å². The lowest BCUT2D eigenvalue weighted by atomic mass is 10.2. The normalized spacial score (nSPS) is 21.2. The van der Waals surface area contributed by atoms with Crippen LogP contribution < -0.4 is 20.5 Å². The number of rotatable bonds is 11. The number of aliphatic hydroxyl groups excluding tert-OH is 1. The molecule has 2 unspecified atom stereocenters. The molecular formula is C18H24ClF2N5O3S2. The number of thiazole rings is 1. The van der Waals surface area contributed by atoms with Crippen LogP contribution in [-0.2, 0) is 10.0 Å². The summed E-state index contributed by atoms with van der Waals surface area (Å²) in [4.78, 5) is 5.85. The maximum Gasteiger partial charge on any atom is 0.257 e. The van der Waals surface area contributed by atoms with Gasteiger partial charge in [-0.1, -0.05) is 29.5 Å². The molecule has 172 valence electrons. The van der Waals surface area contributed by atoms with Gasteiger partial charge in [0, 0.05) is 25.6 Å². The van der Waals surface area contributed by atoms with Crippen LogP contribution in [0, 0.1) is 5.13 Å². The summed E-state index contributed by atoms with van der Waals surface area (Å²) in [6.07, 6.45) is -0.687. The highest BCUT2D eigenvalue weighted by molar-refractivity contribution is 7.89. The van der Waals surface area contributed by atoms with E-state index >= 15 is 4.39 Å². The van der Waals surface area contributed by atoms with Crippen molar-refractivity contribution >= 4 is 38.1 Å². The summed E-state index contributed by atoms with van der Waals surface area (Å²) in [6, 6.07) is 7.53. The molecule has 1 aromatic heterocycles. The molecule has 1 aromatic carbocycles. The quantitative estimate of drug-likeness (QED) is 0.214. The van der Waals surface area contributed by atoms with E-state index < -0.39 is 27.0 Å². The molecule has 0 aliphatic carbocycles. The summed E-state index contributed by atoms with van der Waals surface area (Å²) in [5.74, 6) is 0. The first kappa shape index (κ1) is 24.2. The fraction of sp³-hybridized carbons (Fsp3) is 0.500. The number of hydrazine groups is 1. The molecule has 1 saturated heterocycles. The third-order valence-electron chi connectivity index (χ3n) is 4.67. The summed E-state index contributed by atoms with van der Waals surface area (Å²) < 4.78 is 53.8. The Morgan fingerprint density at radius 2 is 2.10 bits per heavy atom. The molecule has 1 aliphatic rings. The Morgan fingerprint density at radius 3 is 2.71 bits per heavy atom. The highest BCUT2D eigenvalue weighted by Crippen LogP contribution is 2.25. The van der Waals surface area contributed by atoms with Crippen molar-refractivity contribution in [2.45, 2.75) is 48.1 Å². The number of β-amino-alcohol motifs (C(OH)–C–C–N with tert-alkyl or cyclic N) is 1. The number of halogens is 3. The van der Waals surface area contributed by atoms with Gasteiger partial charge in [-0.15, -0.1) is 16.4 Å². The topological polar surface area (TPSA) is 107 Å². The number of aromatic nitrogens is 1.